The number of fused-ring (bicyclic) bond motifs is 1. The number of hydrogen-bond acceptors (Lipinski definition) is 6. The van der Waals surface area contributed by atoms with Gasteiger partial charge in [-0.25, -0.2) is 0 Å². The molecule has 1 N–H and O–H groups in total. The third-order valence-electron chi connectivity index (χ3n) is 6.72. The third-order valence-corrected chi connectivity index (χ3v) is 7.70. The van der Waals surface area contributed by atoms with Crippen molar-refractivity contribution in [3.05, 3.63) is 59.7 Å². The summed E-state index contributed by atoms with van der Waals surface area (Å²) in [5, 5.41) is 1.63. The third kappa shape index (κ3) is 4.15. The van der Waals surface area contributed by atoms with Crippen molar-refractivity contribution in [1.82, 2.24) is 10.2 Å². The number of imide groups is 1. The Hall–Kier alpha value is -3.00. The molecule has 5 rings (SSSR count). The van der Waals surface area contributed by atoms with Crippen molar-refractivity contribution in [3.8, 4) is 11.5 Å². The Morgan fingerprint density at radius 3 is 2.47 bits per heavy atom. The minimum absolute atomic E-state index is 0.0189. The fourth-order valence-electron chi connectivity index (χ4n) is 5.16. The van der Waals surface area contributed by atoms with E-state index >= 15 is 0 Å². The molecule has 3 aliphatic rings. The van der Waals surface area contributed by atoms with Gasteiger partial charge in [0, 0.05) is 12.8 Å². The Morgan fingerprint density at radius 2 is 1.79 bits per heavy atom. The Labute approximate surface area is 203 Å². The van der Waals surface area contributed by atoms with Crippen LogP contribution < -0.4 is 14.8 Å². The van der Waals surface area contributed by atoms with Gasteiger partial charge in [-0.15, -0.1) is 0 Å². The van der Waals surface area contributed by atoms with Crippen LogP contribution >= 0.6 is 11.8 Å². The smallest absolute Gasteiger partial charge is 0.286 e. The molecule has 0 radical (unpaired) electrons. The van der Waals surface area contributed by atoms with E-state index in [0.29, 0.717) is 30.1 Å². The maximum absolute atomic E-state index is 13.6. The lowest BCUT2D eigenvalue weighted by Crippen LogP contribution is -2.66. The number of ether oxygens (including phenoxy) is 2. The molecule has 2 heterocycles. The number of para-hydroxylation sites is 1. The molecule has 7 nitrogen and oxygen atoms in total. The van der Waals surface area contributed by atoms with Crippen molar-refractivity contribution < 1.29 is 23.9 Å². The molecule has 8 heteroatoms. The highest BCUT2D eigenvalue weighted by Crippen LogP contribution is 2.46. The Balaban J connectivity index is 1.30. The molecule has 1 saturated carbocycles. The maximum atomic E-state index is 13.6. The molecule has 1 unspecified atom stereocenters. The van der Waals surface area contributed by atoms with Crippen LogP contribution in [0, 0.1) is 0 Å². The molecule has 2 aromatic rings. The summed E-state index contributed by atoms with van der Waals surface area (Å²) in [6.07, 6.45) is 4.14. The second-order valence-corrected chi connectivity index (χ2v) is 10.9. The van der Waals surface area contributed by atoms with Crippen LogP contribution in [-0.4, -0.2) is 45.1 Å². The standard InChI is InChI=1S/C26H28N2O5S/c1-25(2,16-32-18-11-9-17(10-12-18)15-21-22(29)27-24(31)34-21)28-23(30)19-7-3-4-8-20(19)33-26(28)13-5-6-14-26/h3-4,7-12,21H,5-6,13-16H2,1-2H3,(H,27,29,31). The van der Waals surface area contributed by atoms with Gasteiger partial charge in [-0.1, -0.05) is 36.0 Å². The topological polar surface area (TPSA) is 84.9 Å². The number of amides is 3. The first-order valence-electron chi connectivity index (χ1n) is 11.6. The summed E-state index contributed by atoms with van der Waals surface area (Å²) in [5.41, 5.74) is 0.297. The number of thioether (sulfide) groups is 1. The summed E-state index contributed by atoms with van der Waals surface area (Å²) >= 11 is 1.03. The van der Waals surface area contributed by atoms with Crippen molar-refractivity contribution in [2.75, 3.05) is 6.61 Å². The summed E-state index contributed by atoms with van der Waals surface area (Å²) < 4.78 is 12.6. The van der Waals surface area contributed by atoms with Gasteiger partial charge < -0.3 is 9.47 Å². The lowest BCUT2D eigenvalue weighted by molar-refractivity contribution is -0.119. The first-order valence-corrected chi connectivity index (χ1v) is 12.5. The largest absolute Gasteiger partial charge is 0.491 e. The monoisotopic (exact) mass is 480 g/mol. The summed E-state index contributed by atoms with van der Waals surface area (Å²) in [6, 6.07) is 15.0. The van der Waals surface area contributed by atoms with Crippen LogP contribution in [0.3, 0.4) is 0 Å². The average Bonchev–Trinajstić information content (AvgIpc) is 3.38. The molecule has 1 aliphatic carbocycles. The van der Waals surface area contributed by atoms with Crippen molar-refractivity contribution in [1.29, 1.82) is 0 Å². The van der Waals surface area contributed by atoms with Crippen molar-refractivity contribution >= 4 is 28.8 Å². The van der Waals surface area contributed by atoms with E-state index in [4.69, 9.17) is 9.47 Å². The molecular weight excluding hydrogens is 452 g/mol. The molecule has 2 fully saturated rings. The molecule has 0 aromatic heterocycles. The zero-order valence-electron chi connectivity index (χ0n) is 19.3. The summed E-state index contributed by atoms with van der Waals surface area (Å²) in [5.74, 6) is 1.08. The van der Waals surface area contributed by atoms with Gasteiger partial charge in [0.1, 0.15) is 18.1 Å². The predicted molar refractivity (Wildman–Crippen MR) is 129 cm³/mol. The number of carbonyl (C=O) groups is 3. The van der Waals surface area contributed by atoms with E-state index < -0.39 is 16.5 Å². The molecule has 1 saturated heterocycles. The van der Waals surface area contributed by atoms with Gasteiger partial charge in [0.25, 0.3) is 11.1 Å². The fraction of sp³-hybridized carbons (Fsp3) is 0.423. The van der Waals surface area contributed by atoms with Crippen molar-refractivity contribution in [2.45, 2.75) is 62.5 Å². The van der Waals surface area contributed by atoms with E-state index in [-0.39, 0.29) is 17.1 Å². The van der Waals surface area contributed by atoms with E-state index in [1.54, 1.807) is 0 Å². The highest BCUT2D eigenvalue weighted by Gasteiger charge is 2.54. The minimum Gasteiger partial charge on any atom is -0.491 e. The van der Waals surface area contributed by atoms with Crippen LogP contribution in [0.5, 0.6) is 11.5 Å². The second kappa shape index (κ2) is 8.65. The number of nitrogens with zero attached hydrogens (tertiary/aromatic N) is 1. The highest BCUT2D eigenvalue weighted by atomic mass is 32.2. The van der Waals surface area contributed by atoms with Crippen LogP contribution in [0.4, 0.5) is 4.79 Å². The molecular formula is C26H28N2O5S. The first-order chi connectivity index (χ1) is 16.3. The van der Waals surface area contributed by atoms with Gasteiger partial charge in [-0.05, 0) is 62.9 Å². The zero-order valence-corrected chi connectivity index (χ0v) is 20.2. The molecule has 1 spiro atoms. The second-order valence-electron chi connectivity index (χ2n) is 9.72. The van der Waals surface area contributed by atoms with Crippen LogP contribution in [0.15, 0.2) is 48.5 Å². The lowest BCUT2D eigenvalue weighted by atomic mass is 9.93. The van der Waals surface area contributed by atoms with Gasteiger partial charge in [0.2, 0.25) is 5.91 Å². The summed E-state index contributed by atoms with van der Waals surface area (Å²) in [6.45, 7) is 4.34. The van der Waals surface area contributed by atoms with Crippen LogP contribution in [0.25, 0.3) is 0 Å². The van der Waals surface area contributed by atoms with E-state index in [2.05, 4.69) is 5.32 Å². The number of rotatable bonds is 6. The Morgan fingerprint density at radius 1 is 1.09 bits per heavy atom. The van der Waals surface area contributed by atoms with Gasteiger partial charge in [0.05, 0.1) is 16.4 Å². The molecule has 2 aromatic carbocycles. The van der Waals surface area contributed by atoms with Crippen molar-refractivity contribution in [2.24, 2.45) is 0 Å². The van der Waals surface area contributed by atoms with Gasteiger partial charge >= 0.3 is 0 Å². The fourth-order valence-corrected chi connectivity index (χ4v) is 6.02. The molecule has 34 heavy (non-hydrogen) atoms. The normalized spacial score (nSPS) is 21.4. The number of carbonyl (C=O) groups excluding carboxylic acids is 3. The molecule has 3 amide bonds. The molecule has 0 bridgehead atoms. The predicted octanol–water partition coefficient (Wildman–Crippen LogP) is 4.54. The zero-order chi connectivity index (χ0) is 23.9. The van der Waals surface area contributed by atoms with Crippen molar-refractivity contribution in [3.63, 3.8) is 0 Å². The molecule has 1 atom stereocenters. The first kappa shape index (κ1) is 22.8. The van der Waals surface area contributed by atoms with Gasteiger partial charge in [-0.3, -0.25) is 24.6 Å². The van der Waals surface area contributed by atoms with Crippen LogP contribution in [-0.2, 0) is 11.2 Å². The number of benzene rings is 2. The Bertz CT molecular complexity index is 1120. The SMILES string of the molecule is CC(C)(COc1ccc(CC2SC(=O)NC2=O)cc1)N1C(=O)c2ccccc2OC12CCCC2. The van der Waals surface area contributed by atoms with E-state index in [0.717, 1.165) is 43.0 Å². The number of nitrogens with one attached hydrogen (secondary N) is 1. The quantitative estimate of drug-likeness (QED) is 0.653. The summed E-state index contributed by atoms with van der Waals surface area (Å²) in [4.78, 5) is 38.7. The van der Waals surface area contributed by atoms with Gasteiger partial charge in [0.15, 0.2) is 5.72 Å². The molecule has 2 aliphatic heterocycles. The average molecular weight is 481 g/mol. The van der Waals surface area contributed by atoms with Crippen LogP contribution in [0.2, 0.25) is 0 Å². The van der Waals surface area contributed by atoms with Crippen LogP contribution in [0.1, 0.15) is 55.5 Å². The van der Waals surface area contributed by atoms with Gasteiger partial charge in [-0.2, -0.15) is 0 Å². The Kier molecular flexibility index (Phi) is 5.80. The maximum Gasteiger partial charge on any atom is 0.286 e. The lowest BCUT2D eigenvalue weighted by Gasteiger charge is -2.52. The van der Waals surface area contributed by atoms with E-state index in [1.165, 1.54) is 0 Å². The summed E-state index contributed by atoms with van der Waals surface area (Å²) in [7, 11) is 0. The number of hydrogen-bond donors (Lipinski definition) is 1. The van der Waals surface area contributed by atoms with E-state index in [9.17, 15) is 14.4 Å². The molecule has 178 valence electrons. The highest BCUT2D eigenvalue weighted by molar-refractivity contribution is 8.15. The minimum atomic E-state index is -0.640. The van der Waals surface area contributed by atoms with E-state index in [1.807, 2.05) is 67.3 Å².